The van der Waals surface area contributed by atoms with Crippen molar-refractivity contribution in [3.05, 3.63) is 29.8 Å². The first kappa shape index (κ1) is 16.7. The summed E-state index contributed by atoms with van der Waals surface area (Å²) in [6.45, 7) is 0.903. The summed E-state index contributed by atoms with van der Waals surface area (Å²) in [6.07, 6.45) is 6.06. The predicted octanol–water partition coefficient (Wildman–Crippen LogP) is 3.67. The van der Waals surface area contributed by atoms with Crippen LogP contribution in [0.2, 0.25) is 0 Å². The first-order chi connectivity index (χ1) is 10.2. The van der Waals surface area contributed by atoms with Gasteiger partial charge in [-0.15, -0.1) is 0 Å². The first-order valence-electron chi connectivity index (χ1n) is 7.45. The Morgan fingerprint density at radius 1 is 1.29 bits per heavy atom. The van der Waals surface area contributed by atoms with Crippen molar-refractivity contribution >= 4 is 28.8 Å². The Morgan fingerprint density at radius 3 is 2.71 bits per heavy atom. The van der Waals surface area contributed by atoms with Gasteiger partial charge in [0.1, 0.15) is 41.0 Å². The van der Waals surface area contributed by atoms with Gasteiger partial charge in [-0.3, -0.25) is 4.79 Å². The van der Waals surface area contributed by atoms with Crippen molar-refractivity contribution in [1.82, 2.24) is 0 Å². The molecule has 4 nitrogen and oxygen atoms in total. The number of carbonyl (C=O) groups excluding carboxylic acids is 1. The van der Waals surface area contributed by atoms with Crippen LogP contribution in [0.3, 0.4) is 0 Å². The molecule has 0 heterocycles. The van der Waals surface area contributed by atoms with Crippen molar-refractivity contribution in [3.63, 3.8) is 0 Å². The number of hydrogen-bond donors (Lipinski definition) is 1. The number of nitrogens with two attached hydrogens (primary N) is 1. The molecule has 1 saturated carbocycles. The molecule has 2 rings (SSSR count). The molecule has 0 bridgehead atoms. The summed E-state index contributed by atoms with van der Waals surface area (Å²) in [6, 6.07) is 7.32. The van der Waals surface area contributed by atoms with E-state index in [0.29, 0.717) is 25.1 Å². The Kier molecular flexibility index (Phi) is 6.44. The lowest BCUT2D eigenvalue weighted by Gasteiger charge is -2.34. The number of rotatable bonds is 7. The lowest BCUT2D eigenvalue weighted by Crippen LogP contribution is -2.38. The Hall–Kier alpha value is -0.660. The molecule has 0 radical (unpaired) electrons. The van der Waals surface area contributed by atoms with Gasteiger partial charge in [0, 0.05) is 12.0 Å². The Morgan fingerprint density at radius 2 is 2.05 bits per heavy atom. The molecule has 0 aliphatic heterocycles. The van der Waals surface area contributed by atoms with Crippen LogP contribution in [0.4, 0.5) is 0 Å². The van der Waals surface area contributed by atoms with E-state index >= 15 is 0 Å². The molecule has 1 aromatic rings. The summed E-state index contributed by atoms with van der Waals surface area (Å²) in [5, 5.41) is 0. The fraction of sp³-hybridized carbons (Fsp3) is 0.562. The number of halogens is 1. The number of ether oxygens (including phenoxy) is 1. The van der Waals surface area contributed by atoms with E-state index in [1.54, 1.807) is 12.1 Å². The predicted molar refractivity (Wildman–Crippen MR) is 90.9 cm³/mol. The highest BCUT2D eigenvalue weighted by Crippen LogP contribution is 2.34. The summed E-state index contributed by atoms with van der Waals surface area (Å²) < 4.78 is 11.6. The lowest BCUT2D eigenvalue weighted by atomic mass is 9.85. The highest BCUT2D eigenvalue weighted by molar-refractivity contribution is 14.1. The summed E-state index contributed by atoms with van der Waals surface area (Å²) in [7, 11) is 0. The summed E-state index contributed by atoms with van der Waals surface area (Å²) in [5.41, 5.74) is 5.90. The van der Waals surface area contributed by atoms with E-state index < -0.39 is 0 Å². The maximum atomic E-state index is 11.9. The molecule has 0 aromatic heterocycles. The van der Waals surface area contributed by atoms with Crippen LogP contribution in [-0.4, -0.2) is 24.5 Å². The zero-order chi connectivity index (χ0) is 15.1. The molecular weight excluding hydrogens is 381 g/mol. The zero-order valence-corrected chi connectivity index (χ0v) is 14.3. The molecule has 0 saturated heterocycles. The molecule has 0 unspecified atom stereocenters. The quantitative estimate of drug-likeness (QED) is 0.558. The fourth-order valence-corrected chi connectivity index (χ4v) is 3.26. The number of hydrogen-bond acceptors (Lipinski definition) is 4. The van der Waals surface area contributed by atoms with Gasteiger partial charge in [0.2, 0.25) is 0 Å². The lowest BCUT2D eigenvalue weighted by molar-refractivity contribution is 0.0243. The van der Waals surface area contributed by atoms with Gasteiger partial charge in [0.05, 0.1) is 0 Å². The van der Waals surface area contributed by atoms with E-state index in [9.17, 15) is 4.79 Å². The molecule has 1 aliphatic carbocycles. The standard InChI is InChI=1S/C16H22INO3/c17-21-16(8-2-1-3-9-16)12-20-14-6-4-5-13(11-14)15(19)7-10-18/h4-6,11H,1-3,7-10,12,18H2. The van der Waals surface area contributed by atoms with Gasteiger partial charge in [0.25, 0.3) is 0 Å². The second kappa shape index (κ2) is 8.10. The summed E-state index contributed by atoms with van der Waals surface area (Å²) in [5.74, 6) is 0.775. The van der Waals surface area contributed by atoms with Gasteiger partial charge in [0.15, 0.2) is 5.78 Å². The zero-order valence-electron chi connectivity index (χ0n) is 12.1. The third-order valence-electron chi connectivity index (χ3n) is 3.96. The van der Waals surface area contributed by atoms with Gasteiger partial charge in [-0.05, 0) is 31.5 Å². The van der Waals surface area contributed by atoms with Crippen LogP contribution in [0.1, 0.15) is 48.9 Å². The van der Waals surface area contributed by atoms with Gasteiger partial charge < -0.3 is 13.5 Å². The molecule has 1 aromatic carbocycles. The van der Waals surface area contributed by atoms with Gasteiger partial charge in [-0.1, -0.05) is 31.4 Å². The third kappa shape index (κ3) is 4.66. The molecule has 0 spiro atoms. The van der Waals surface area contributed by atoms with E-state index in [0.717, 1.165) is 18.6 Å². The smallest absolute Gasteiger partial charge is 0.164 e. The number of benzene rings is 1. The molecule has 1 aliphatic rings. The Balaban J connectivity index is 1.99. The van der Waals surface area contributed by atoms with Crippen LogP contribution in [-0.2, 0) is 3.07 Å². The molecule has 2 N–H and O–H groups in total. The van der Waals surface area contributed by atoms with Crippen LogP contribution in [0.25, 0.3) is 0 Å². The molecule has 1 fully saturated rings. The summed E-state index contributed by atoms with van der Waals surface area (Å²) >= 11 is 1.98. The normalized spacial score (nSPS) is 17.4. The molecule has 0 atom stereocenters. The van der Waals surface area contributed by atoms with E-state index in [2.05, 4.69) is 0 Å². The van der Waals surface area contributed by atoms with E-state index in [4.69, 9.17) is 13.5 Å². The van der Waals surface area contributed by atoms with E-state index in [-0.39, 0.29) is 11.4 Å². The average molecular weight is 403 g/mol. The summed E-state index contributed by atoms with van der Waals surface area (Å²) in [4.78, 5) is 11.9. The van der Waals surface area contributed by atoms with Gasteiger partial charge >= 0.3 is 0 Å². The minimum absolute atomic E-state index is 0.0560. The van der Waals surface area contributed by atoms with Crippen molar-refractivity contribution in [2.24, 2.45) is 5.73 Å². The highest BCUT2D eigenvalue weighted by Gasteiger charge is 2.33. The van der Waals surface area contributed by atoms with Crippen molar-refractivity contribution in [1.29, 1.82) is 0 Å². The van der Waals surface area contributed by atoms with Crippen LogP contribution >= 0.6 is 23.0 Å². The second-order valence-electron chi connectivity index (χ2n) is 5.60. The maximum absolute atomic E-state index is 11.9. The van der Waals surface area contributed by atoms with E-state index in [1.807, 2.05) is 35.1 Å². The maximum Gasteiger partial charge on any atom is 0.164 e. The molecule has 5 heteroatoms. The van der Waals surface area contributed by atoms with Crippen LogP contribution in [0, 0.1) is 0 Å². The fourth-order valence-electron chi connectivity index (χ4n) is 2.69. The number of Topliss-reactive ketones (excluding diaryl/α,β-unsaturated/α-hetero) is 1. The van der Waals surface area contributed by atoms with Gasteiger partial charge in [-0.2, -0.15) is 0 Å². The second-order valence-corrected chi connectivity index (χ2v) is 6.04. The van der Waals surface area contributed by atoms with Crippen molar-refractivity contribution in [2.75, 3.05) is 13.2 Å². The minimum atomic E-state index is -0.184. The van der Waals surface area contributed by atoms with Crippen LogP contribution < -0.4 is 10.5 Å². The van der Waals surface area contributed by atoms with Gasteiger partial charge in [-0.25, -0.2) is 0 Å². The van der Waals surface area contributed by atoms with Crippen molar-refractivity contribution < 1.29 is 12.6 Å². The average Bonchev–Trinajstić information content (AvgIpc) is 2.54. The Labute approximate surface area is 140 Å². The first-order valence-corrected chi connectivity index (χ1v) is 8.33. The Bertz CT molecular complexity index is 472. The molecule has 21 heavy (non-hydrogen) atoms. The topological polar surface area (TPSA) is 61.6 Å². The van der Waals surface area contributed by atoms with Crippen LogP contribution in [0.5, 0.6) is 5.75 Å². The third-order valence-corrected chi connectivity index (χ3v) is 4.89. The molecule has 116 valence electrons. The monoisotopic (exact) mass is 403 g/mol. The van der Waals surface area contributed by atoms with Crippen LogP contribution in [0.15, 0.2) is 24.3 Å². The van der Waals surface area contributed by atoms with E-state index in [1.165, 1.54) is 19.3 Å². The molecule has 0 amide bonds. The van der Waals surface area contributed by atoms with Crippen molar-refractivity contribution in [3.8, 4) is 5.75 Å². The SMILES string of the molecule is NCCC(=O)c1cccc(OCC2(OI)CCCCC2)c1. The van der Waals surface area contributed by atoms with Crippen molar-refractivity contribution in [2.45, 2.75) is 44.1 Å². The largest absolute Gasteiger partial charge is 0.491 e. The number of ketones is 1. The number of carbonyl (C=O) groups is 1. The highest BCUT2D eigenvalue weighted by atomic mass is 127. The molecular formula is C16H22INO3. The minimum Gasteiger partial charge on any atom is -0.491 e.